The Morgan fingerprint density at radius 2 is 2.26 bits per heavy atom. The van der Waals surface area contributed by atoms with E-state index < -0.39 is 11.6 Å². The van der Waals surface area contributed by atoms with Gasteiger partial charge in [0.2, 0.25) is 0 Å². The van der Waals surface area contributed by atoms with Crippen molar-refractivity contribution in [3.8, 4) is 0 Å². The van der Waals surface area contributed by atoms with Gasteiger partial charge in [-0.1, -0.05) is 0 Å². The fourth-order valence-electron chi connectivity index (χ4n) is 2.52. The lowest BCUT2D eigenvalue weighted by Crippen LogP contribution is -2.13. The quantitative estimate of drug-likeness (QED) is 0.789. The van der Waals surface area contributed by atoms with Gasteiger partial charge in [-0.3, -0.25) is 0 Å². The molecule has 0 bridgehead atoms. The van der Waals surface area contributed by atoms with Crippen LogP contribution in [0.5, 0.6) is 0 Å². The van der Waals surface area contributed by atoms with E-state index in [1.807, 2.05) is 0 Å². The van der Waals surface area contributed by atoms with Crippen LogP contribution in [0.2, 0.25) is 0 Å². The number of halogens is 3. The molecule has 0 N–H and O–H groups in total. The van der Waals surface area contributed by atoms with Crippen molar-refractivity contribution in [2.75, 3.05) is 13.2 Å². The minimum Gasteiger partial charge on any atom is -0.379 e. The predicted octanol–water partition coefficient (Wildman–Crippen LogP) is 3.58. The van der Waals surface area contributed by atoms with Gasteiger partial charge in [0.05, 0.1) is 23.5 Å². The largest absolute Gasteiger partial charge is 0.379 e. The van der Waals surface area contributed by atoms with E-state index in [0.29, 0.717) is 24.6 Å². The molecule has 3 nitrogen and oxygen atoms in total. The molecular formula is C13H13ClF2N2O. The van der Waals surface area contributed by atoms with E-state index in [0.717, 1.165) is 12.5 Å². The van der Waals surface area contributed by atoms with E-state index in [4.69, 9.17) is 16.3 Å². The molecular weight excluding hydrogens is 274 g/mol. The van der Waals surface area contributed by atoms with Gasteiger partial charge >= 0.3 is 0 Å². The van der Waals surface area contributed by atoms with Crippen molar-refractivity contribution in [3.05, 3.63) is 29.6 Å². The molecule has 2 aromatic rings. The first kappa shape index (κ1) is 12.8. The maximum atomic E-state index is 14.1. The zero-order valence-corrected chi connectivity index (χ0v) is 11.1. The first-order valence-corrected chi connectivity index (χ1v) is 6.61. The SMILES string of the molecule is CC(Cl)c1nc2ccc(F)c(F)c2n1C1CCOC1. The number of hydrogen-bond acceptors (Lipinski definition) is 2. The molecule has 2 atom stereocenters. The van der Waals surface area contributed by atoms with Gasteiger partial charge in [0.1, 0.15) is 11.3 Å². The highest BCUT2D eigenvalue weighted by Crippen LogP contribution is 2.33. The Hall–Kier alpha value is -1.20. The fourth-order valence-corrected chi connectivity index (χ4v) is 2.67. The third kappa shape index (κ3) is 2.01. The number of alkyl halides is 1. The van der Waals surface area contributed by atoms with Crippen molar-refractivity contribution in [3.63, 3.8) is 0 Å². The van der Waals surface area contributed by atoms with E-state index in [1.165, 1.54) is 6.07 Å². The first-order chi connectivity index (χ1) is 9.09. The second-order valence-corrected chi connectivity index (χ2v) is 5.36. The maximum absolute atomic E-state index is 14.1. The van der Waals surface area contributed by atoms with E-state index in [2.05, 4.69) is 4.98 Å². The van der Waals surface area contributed by atoms with Crippen molar-refractivity contribution in [2.24, 2.45) is 0 Å². The summed E-state index contributed by atoms with van der Waals surface area (Å²) in [6.07, 6.45) is 0.748. The average Bonchev–Trinajstić information content (AvgIpc) is 3.00. The second kappa shape index (κ2) is 4.72. The van der Waals surface area contributed by atoms with Crippen molar-refractivity contribution >= 4 is 22.6 Å². The summed E-state index contributed by atoms with van der Waals surface area (Å²) in [4.78, 5) is 4.33. The van der Waals surface area contributed by atoms with Crippen molar-refractivity contribution < 1.29 is 13.5 Å². The highest BCUT2D eigenvalue weighted by atomic mass is 35.5. The Morgan fingerprint density at radius 3 is 2.89 bits per heavy atom. The lowest BCUT2D eigenvalue weighted by molar-refractivity contribution is 0.186. The molecule has 1 aromatic heterocycles. The number of imidazole rings is 1. The highest BCUT2D eigenvalue weighted by Gasteiger charge is 2.27. The molecule has 0 spiro atoms. The molecule has 2 heterocycles. The summed E-state index contributed by atoms with van der Waals surface area (Å²) in [5.74, 6) is -1.20. The van der Waals surface area contributed by atoms with Crippen molar-refractivity contribution in [1.82, 2.24) is 9.55 Å². The summed E-state index contributed by atoms with van der Waals surface area (Å²) in [6, 6.07) is 2.52. The molecule has 3 rings (SSSR count). The first-order valence-electron chi connectivity index (χ1n) is 6.17. The lowest BCUT2D eigenvalue weighted by atomic mass is 10.2. The van der Waals surface area contributed by atoms with Crippen molar-refractivity contribution in [2.45, 2.75) is 24.8 Å². The van der Waals surface area contributed by atoms with Gasteiger partial charge in [-0.25, -0.2) is 13.8 Å². The molecule has 2 unspecified atom stereocenters. The van der Waals surface area contributed by atoms with Crippen LogP contribution in [0.15, 0.2) is 12.1 Å². The van der Waals surface area contributed by atoms with E-state index >= 15 is 0 Å². The Balaban J connectivity index is 2.30. The smallest absolute Gasteiger partial charge is 0.184 e. The second-order valence-electron chi connectivity index (χ2n) is 4.70. The van der Waals surface area contributed by atoms with Gasteiger partial charge in [0.25, 0.3) is 0 Å². The van der Waals surface area contributed by atoms with Crippen LogP contribution >= 0.6 is 11.6 Å². The molecule has 0 amide bonds. The van der Waals surface area contributed by atoms with Crippen LogP contribution < -0.4 is 0 Å². The number of ether oxygens (including phenoxy) is 1. The molecule has 6 heteroatoms. The zero-order chi connectivity index (χ0) is 13.6. The van der Waals surface area contributed by atoms with Crippen LogP contribution in [0, 0.1) is 11.6 Å². The molecule has 1 aromatic carbocycles. The van der Waals surface area contributed by atoms with Gasteiger partial charge in [0.15, 0.2) is 11.6 Å². The molecule has 1 fully saturated rings. The van der Waals surface area contributed by atoms with E-state index in [9.17, 15) is 8.78 Å². The number of fused-ring (bicyclic) bond motifs is 1. The maximum Gasteiger partial charge on any atom is 0.184 e. The van der Waals surface area contributed by atoms with Crippen molar-refractivity contribution in [1.29, 1.82) is 0 Å². The van der Waals surface area contributed by atoms with E-state index in [1.54, 1.807) is 11.5 Å². The number of aromatic nitrogens is 2. The Morgan fingerprint density at radius 1 is 1.47 bits per heavy atom. The van der Waals surface area contributed by atoms with Crippen LogP contribution in [-0.4, -0.2) is 22.8 Å². The summed E-state index contributed by atoms with van der Waals surface area (Å²) in [5.41, 5.74) is 0.603. The lowest BCUT2D eigenvalue weighted by Gasteiger charge is -2.16. The van der Waals surface area contributed by atoms with Crippen LogP contribution in [-0.2, 0) is 4.74 Å². The minimum absolute atomic E-state index is 0.0440. The van der Waals surface area contributed by atoms with Gasteiger partial charge in [0, 0.05) is 6.61 Å². The molecule has 102 valence electrons. The third-order valence-electron chi connectivity index (χ3n) is 3.40. The monoisotopic (exact) mass is 286 g/mol. The zero-order valence-electron chi connectivity index (χ0n) is 10.4. The summed E-state index contributed by atoms with van der Waals surface area (Å²) < 4.78 is 34.5. The van der Waals surface area contributed by atoms with Gasteiger partial charge in [-0.05, 0) is 25.5 Å². The van der Waals surface area contributed by atoms with Gasteiger partial charge in [-0.15, -0.1) is 11.6 Å². The molecule has 1 saturated heterocycles. The summed E-state index contributed by atoms with van der Waals surface area (Å²) in [7, 11) is 0. The summed E-state index contributed by atoms with van der Waals surface area (Å²) >= 11 is 6.11. The molecule has 19 heavy (non-hydrogen) atoms. The predicted molar refractivity (Wildman–Crippen MR) is 68.4 cm³/mol. The van der Waals surface area contributed by atoms with Gasteiger partial charge < -0.3 is 9.30 Å². The molecule has 0 saturated carbocycles. The minimum atomic E-state index is -0.875. The van der Waals surface area contributed by atoms with Crippen LogP contribution in [0.1, 0.15) is 30.6 Å². The molecule has 1 aliphatic rings. The summed E-state index contributed by atoms with van der Waals surface area (Å²) in [6.45, 7) is 2.85. The average molecular weight is 287 g/mol. The van der Waals surface area contributed by atoms with Crippen LogP contribution in [0.4, 0.5) is 8.78 Å². The molecule has 0 radical (unpaired) electrons. The number of nitrogens with zero attached hydrogens (tertiary/aromatic N) is 2. The van der Waals surface area contributed by atoms with Crippen LogP contribution in [0.3, 0.4) is 0 Å². The Labute approximate surface area is 114 Å². The normalized spacial score (nSPS) is 21.2. The fraction of sp³-hybridized carbons (Fsp3) is 0.462. The van der Waals surface area contributed by atoms with Gasteiger partial charge in [-0.2, -0.15) is 0 Å². The van der Waals surface area contributed by atoms with E-state index in [-0.39, 0.29) is 16.9 Å². The molecule has 0 aliphatic carbocycles. The van der Waals surface area contributed by atoms with Crippen LogP contribution in [0.25, 0.3) is 11.0 Å². The Kier molecular flexibility index (Phi) is 3.19. The number of rotatable bonds is 2. The third-order valence-corrected chi connectivity index (χ3v) is 3.59. The molecule has 1 aliphatic heterocycles. The Bertz CT molecular complexity index is 621. The standard InChI is InChI=1S/C13H13ClF2N2O/c1-7(14)13-17-10-3-2-9(15)11(16)12(10)18(13)8-4-5-19-6-8/h2-3,7-8H,4-6H2,1H3. The summed E-state index contributed by atoms with van der Waals surface area (Å²) in [5, 5.41) is -0.379. The highest BCUT2D eigenvalue weighted by molar-refractivity contribution is 6.20. The number of benzene rings is 1. The number of hydrogen-bond donors (Lipinski definition) is 0. The topological polar surface area (TPSA) is 27.1 Å².